The van der Waals surface area contributed by atoms with Gasteiger partial charge in [-0.25, -0.2) is 4.79 Å². The number of amides is 1. The van der Waals surface area contributed by atoms with Crippen molar-refractivity contribution in [2.75, 3.05) is 13.7 Å². The van der Waals surface area contributed by atoms with Gasteiger partial charge in [-0.05, 0) is 31.5 Å². The summed E-state index contributed by atoms with van der Waals surface area (Å²) in [7, 11) is 1.38. The minimum atomic E-state index is -1.14. The third kappa shape index (κ3) is 3.95. The summed E-state index contributed by atoms with van der Waals surface area (Å²) in [5, 5.41) is 12.0. The summed E-state index contributed by atoms with van der Waals surface area (Å²) in [6, 6.07) is 5.84. The molecule has 1 atom stereocenters. The zero-order chi connectivity index (χ0) is 15.3. The highest BCUT2D eigenvalue weighted by Gasteiger charge is 2.33. The Morgan fingerprint density at radius 3 is 2.60 bits per heavy atom. The predicted octanol–water partition coefficient (Wildman–Crippen LogP) is 1.83. The molecule has 1 rings (SSSR count). The van der Waals surface area contributed by atoms with E-state index in [1.165, 1.54) is 7.11 Å². The number of hydrogen-bond donors (Lipinski definition) is 2. The van der Waals surface area contributed by atoms with Crippen LogP contribution in [0.5, 0.6) is 0 Å². The number of nitrogens with one attached hydrogen (secondary N) is 1. The lowest BCUT2D eigenvalue weighted by Crippen LogP contribution is -2.50. The lowest BCUT2D eigenvalue weighted by Gasteiger charge is -2.26. The monoisotopic (exact) mass is 299 g/mol. The van der Waals surface area contributed by atoms with Crippen LogP contribution in [0.1, 0.15) is 19.4 Å². The molecule has 0 fully saturated rings. The number of aliphatic carboxylic acids is 1. The smallest absolute Gasteiger partial charge is 0.328 e. The Labute approximate surface area is 122 Å². The van der Waals surface area contributed by atoms with Crippen molar-refractivity contribution in [1.29, 1.82) is 0 Å². The minimum Gasteiger partial charge on any atom is -0.480 e. The zero-order valence-electron chi connectivity index (χ0n) is 11.6. The maximum Gasteiger partial charge on any atom is 0.328 e. The van der Waals surface area contributed by atoms with Crippen molar-refractivity contribution >= 4 is 23.5 Å². The molecular formula is C14H18ClNO4. The number of hydrogen-bond acceptors (Lipinski definition) is 3. The molecule has 1 amide bonds. The molecular weight excluding hydrogens is 282 g/mol. The van der Waals surface area contributed by atoms with E-state index in [-0.39, 0.29) is 6.61 Å². The van der Waals surface area contributed by atoms with E-state index in [1.807, 2.05) is 0 Å². The highest BCUT2D eigenvalue weighted by Crippen LogP contribution is 2.25. The predicted molar refractivity (Wildman–Crippen MR) is 75.9 cm³/mol. The fourth-order valence-electron chi connectivity index (χ4n) is 1.69. The average molecular weight is 300 g/mol. The molecule has 0 saturated heterocycles. The van der Waals surface area contributed by atoms with Crippen LogP contribution in [0.2, 0.25) is 5.02 Å². The van der Waals surface area contributed by atoms with Gasteiger partial charge in [0.2, 0.25) is 5.91 Å². The largest absolute Gasteiger partial charge is 0.480 e. The summed E-state index contributed by atoms with van der Waals surface area (Å²) in [5.74, 6) is -1.54. The van der Waals surface area contributed by atoms with Crippen LogP contribution >= 0.6 is 11.6 Å². The summed E-state index contributed by atoms with van der Waals surface area (Å²) < 4.78 is 4.79. The number of carbonyl (C=O) groups is 2. The van der Waals surface area contributed by atoms with Gasteiger partial charge in [0, 0.05) is 12.1 Å². The number of carboxylic acids is 1. The molecule has 0 aliphatic rings. The highest BCUT2D eigenvalue weighted by atomic mass is 35.5. The van der Waals surface area contributed by atoms with Gasteiger partial charge < -0.3 is 15.2 Å². The molecule has 0 aromatic heterocycles. The maximum atomic E-state index is 12.3. The van der Waals surface area contributed by atoms with Crippen LogP contribution in [0.3, 0.4) is 0 Å². The Kier molecular flexibility index (Phi) is 5.53. The molecule has 5 nitrogen and oxygen atoms in total. The van der Waals surface area contributed by atoms with E-state index < -0.39 is 23.3 Å². The molecule has 0 spiro atoms. The number of methoxy groups -OCH3 is 1. The van der Waals surface area contributed by atoms with E-state index in [9.17, 15) is 9.59 Å². The van der Waals surface area contributed by atoms with Crippen LogP contribution in [0.25, 0.3) is 0 Å². The number of ether oxygens (including phenoxy) is 1. The quantitative estimate of drug-likeness (QED) is 0.840. The van der Waals surface area contributed by atoms with Crippen molar-refractivity contribution in [2.45, 2.75) is 25.3 Å². The number of carboxylic acid groups (broad SMARTS) is 1. The molecule has 110 valence electrons. The Bertz CT molecular complexity index is 502. The first-order valence-corrected chi connectivity index (χ1v) is 6.45. The summed E-state index contributed by atoms with van der Waals surface area (Å²) in [5.41, 5.74) is -0.184. The van der Waals surface area contributed by atoms with E-state index in [0.717, 1.165) is 0 Å². The highest BCUT2D eigenvalue weighted by molar-refractivity contribution is 6.30. The topological polar surface area (TPSA) is 75.6 Å². The molecule has 1 aromatic rings. The van der Waals surface area contributed by atoms with Crippen LogP contribution in [-0.2, 0) is 19.7 Å². The standard InChI is InChI=1S/C14H18ClNO4/c1-14(2,9-5-4-6-10(15)7-9)13(19)16-11(8-20-3)12(17)18/h4-7,11H,8H2,1-3H3,(H,16,19)(H,17,18). The summed E-state index contributed by atoms with van der Waals surface area (Å²) in [4.78, 5) is 23.3. The maximum absolute atomic E-state index is 12.3. The Morgan fingerprint density at radius 2 is 2.10 bits per heavy atom. The van der Waals surface area contributed by atoms with Crippen LogP contribution in [0, 0.1) is 0 Å². The normalized spacial score (nSPS) is 12.8. The number of rotatable bonds is 6. The number of halogens is 1. The Balaban J connectivity index is 2.91. The molecule has 20 heavy (non-hydrogen) atoms. The lowest BCUT2D eigenvalue weighted by molar-refractivity contribution is -0.144. The average Bonchev–Trinajstić information content (AvgIpc) is 2.37. The van der Waals surface area contributed by atoms with Gasteiger partial charge in [0.1, 0.15) is 0 Å². The van der Waals surface area contributed by atoms with Gasteiger partial charge in [0.05, 0.1) is 12.0 Å². The van der Waals surface area contributed by atoms with E-state index in [0.29, 0.717) is 10.6 Å². The van der Waals surface area contributed by atoms with E-state index in [2.05, 4.69) is 5.32 Å². The van der Waals surface area contributed by atoms with Gasteiger partial charge in [-0.2, -0.15) is 0 Å². The Morgan fingerprint density at radius 1 is 1.45 bits per heavy atom. The van der Waals surface area contributed by atoms with Gasteiger partial charge >= 0.3 is 5.97 Å². The minimum absolute atomic E-state index is 0.0906. The van der Waals surface area contributed by atoms with Crippen molar-refractivity contribution in [2.24, 2.45) is 0 Å². The van der Waals surface area contributed by atoms with Crippen molar-refractivity contribution in [1.82, 2.24) is 5.32 Å². The van der Waals surface area contributed by atoms with Crippen LogP contribution in [0.15, 0.2) is 24.3 Å². The molecule has 0 aliphatic heterocycles. The fraction of sp³-hybridized carbons (Fsp3) is 0.429. The SMILES string of the molecule is COCC(NC(=O)C(C)(C)c1cccc(Cl)c1)C(=O)O. The van der Waals surface area contributed by atoms with Crippen LogP contribution in [-0.4, -0.2) is 36.7 Å². The van der Waals surface area contributed by atoms with Crippen LogP contribution < -0.4 is 5.32 Å². The second-order valence-electron chi connectivity index (χ2n) is 4.95. The number of benzene rings is 1. The van der Waals surface area contributed by atoms with Crippen molar-refractivity contribution in [3.63, 3.8) is 0 Å². The molecule has 0 bridgehead atoms. The molecule has 0 heterocycles. The van der Waals surface area contributed by atoms with E-state index in [1.54, 1.807) is 38.1 Å². The number of carbonyl (C=O) groups excluding carboxylic acids is 1. The molecule has 1 aromatic carbocycles. The van der Waals surface area contributed by atoms with Crippen molar-refractivity contribution in [3.05, 3.63) is 34.9 Å². The zero-order valence-corrected chi connectivity index (χ0v) is 12.4. The molecule has 0 radical (unpaired) electrons. The van der Waals surface area contributed by atoms with Gasteiger partial charge in [-0.15, -0.1) is 0 Å². The first-order chi connectivity index (χ1) is 9.28. The second-order valence-corrected chi connectivity index (χ2v) is 5.39. The van der Waals surface area contributed by atoms with Gasteiger partial charge in [-0.1, -0.05) is 23.7 Å². The molecule has 2 N–H and O–H groups in total. The first-order valence-electron chi connectivity index (χ1n) is 6.07. The first kappa shape index (κ1) is 16.5. The summed E-state index contributed by atoms with van der Waals surface area (Å²) in [6.07, 6.45) is 0. The molecule has 1 unspecified atom stereocenters. The summed E-state index contributed by atoms with van der Waals surface area (Å²) in [6.45, 7) is 3.33. The van der Waals surface area contributed by atoms with Crippen molar-refractivity contribution < 1.29 is 19.4 Å². The van der Waals surface area contributed by atoms with Gasteiger partial charge in [0.15, 0.2) is 6.04 Å². The van der Waals surface area contributed by atoms with Crippen LogP contribution in [0.4, 0.5) is 0 Å². The second kappa shape index (κ2) is 6.72. The molecule has 0 aliphatic carbocycles. The van der Waals surface area contributed by atoms with E-state index in [4.69, 9.17) is 21.4 Å². The molecule has 6 heteroatoms. The Hall–Kier alpha value is -1.59. The van der Waals surface area contributed by atoms with Crippen molar-refractivity contribution in [3.8, 4) is 0 Å². The summed E-state index contributed by atoms with van der Waals surface area (Å²) >= 11 is 5.92. The fourth-order valence-corrected chi connectivity index (χ4v) is 1.88. The van der Waals surface area contributed by atoms with Gasteiger partial charge in [0.25, 0.3) is 0 Å². The van der Waals surface area contributed by atoms with E-state index >= 15 is 0 Å². The third-order valence-electron chi connectivity index (χ3n) is 3.05. The molecule has 0 saturated carbocycles. The van der Waals surface area contributed by atoms with Gasteiger partial charge in [-0.3, -0.25) is 4.79 Å². The lowest BCUT2D eigenvalue weighted by atomic mass is 9.83. The third-order valence-corrected chi connectivity index (χ3v) is 3.29.